The summed E-state index contributed by atoms with van der Waals surface area (Å²) in [5, 5.41) is 0. The fourth-order valence-corrected chi connectivity index (χ4v) is 2.99. The Labute approximate surface area is 112 Å². The molecule has 0 aromatic carbocycles. The number of amides is 1. The Morgan fingerprint density at radius 2 is 1.78 bits per heavy atom. The summed E-state index contributed by atoms with van der Waals surface area (Å²) < 4.78 is 0. The molecule has 1 heterocycles. The van der Waals surface area contributed by atoms with E-state index in [4.69, 9.17) is 5.73 Å². The van der Waals surface area contributed by atoms with Crippen LogP contribution in [-0.4, -0.2) is 29.9 Å². The summed E-state index contributed by atoms with van der Waals surface area (Å²) in [5.41, 5.74) is 5.92. The van der Waals surface area contributed by atoms with Gasteiger partial charge in [-0.25, -0.2) is 0 Å². The van der Waals surface area contributed by atoms with Crippen LogP contribution in [0.4, 0.5) is 0 Å². The van der Waals surface area contributed by atoms with E-state index < -0.39 is 0 Å². The van der Waals surface area contributed by atoms with Crippen molar-refractivity contribution in [1.29, 1.82) is 0 Å². The van der Waals surface area contributed by atoms with Crippen molar-refractivity contribution in [2.75, 3.05) is 13.1 Å². The van der Waals surface area contributed by atoms with Gasteiger partial charge in [0, 0.05) is 25.6 Å². The highest BCUT2D eigenvalue weighted by Gasteiger charge is 2.25. The number of carbonyl (C=O) groups is 1. The normalized spacial score (nSPS) is 21.1. The van der Waals surface area contributed by atoms with E-state index in [1.54, 1.807) is 0 Å². The Balaban J connectivity index is 2.32. The van der Waals surface area contributed by atoms with E-state index >= 15 is 0 Å². The number of likely N-dealkylation sites (tertiary alicyclic amines) is 1. The summed E-state index contributed by atoms with van der Waals surface area (Å²) in [4.78, 5) is 14.2. The summed E-state index contributed by atoms with van der Waals surface area (Å²) in [6.07, 6.45) is 3.99. The van der Waals surface area contributed by atoms with Gasteiger partial charge in [0.25, 0.3) is 0 Å². The van der Waals surface area contributed by atoms with Crippen LogP contribution < -0.4 is 5.73 Å². The van der Waals surface area contributed by atoms with Crippen LogP contribution in [0, 0.1) is 17.8 Å². The number of hydrogen-bond donors (Lipinski definition) is 1. The van der Waals surface area contributed by atoms with Gasteiger partial charge < -0.3 is 10.6 Å². The van der Waals surface area contributed by atoms with Gasteiger partial charge in [0.15, 0.2) is 0 Å². The molecule has 106 valence electrons. The SMILES string of the molecule is CC(C)CC(C)CC(=O)N1CCC(C(C)N)CC1. The molecule has 2 N–H and O–H groups in total. The zero-order valence-corrected chi connectivity index (χ0v) is 12.5. The number of rotatable bonds is 5. The average molecular weight is 254 g/mol. The van der Waals surface area contributed by atoms with Gasteiger partial charge >= 0.3 is 0 Å². The van der Waals surface area contributed by atoms with Crippen molar-refractivity contribution in [1.82, 2.24) is 4.90 Å². The highest BCUT2D eigenvalue weighted by molar-refractivity contribution is 5.76. The van der Waals surface area contributed by atoms with Crippen LogP contribution in [0.5, 0.6) is 0 Å². The number of nitrogens with two attached hydrogens (primary N) is 1. The first-order valence-electron chi connectivity index (χ1n) is 7.43. The van der Waals surface area contributed by atoms with E-state index in [0.717, 1.165) is 32.4 Å². The van der Waals surface area contributed by atoms with E-state index in [2.05, 4.69) is 27.7 Å². The monoisotopic (exact) mass is 254 g/mol. The van der Waals surface area contributed by atoms with Crippen molar-refractivity contribution >= 4 is 5.91 Å². The first kappa shape index (κ1) is 15.5. The summed E-state index contributed by atoms with van der Waals surface area (Å²) in [6, 6.07) is 0.266. The maximum Gasteiger partial charge on any atom is 0.222 e. The van der Waals surface area contributed by atoms with Crippen LogP contribution in [0.15, 0.2) is 0 Å². The quantitative estimate of drug-likeness (QED) is 0.820. The molecule has 1 rings (SSSR count). The molecule has 3 heteroatoms. The molecular weight excluding hydrogens is 224 g/mol. The van der Waals surface area contributed by atoms with Gasteiger partial charge in [0.1, 0.15) is 0 Å². The van der Waals surface area contributed by atoms with Crippen molar-refractivity contribution in [2.24, 2.45) is 23.5 Å². The van der Waals surface area contributed by atoms with Gasteiger partial charge in [-0.2, -0.15) is 0 Å². The Morgan fingerprint density at radius 3 is 2.22 bits per heavy atom. The molecule has 0 aromatic heterocycles. The molecule has 0 spiro atoms. The van der Waals surface area contributed by atoms with Crippen molar-refractivity contribution in [3.05, 3.63) is 0 Å². The zero-order valence-electron chi connectivity index (χ0n) is 12.5. The van der Waals surface area contributed by atoms with Crippen LogP contribution >= 0.6 is 0 Å². The largest absolute Gasteiger partial charge is 0.343 e. The van der Waals surface area contributed by atoms with Crippen LogP contribution in [0.2, 0.25) is 0 Å². The predicted molar refractivity (Wildman–Crippen MR) is 76.2 cm³/mol. The molecule has 18 heavy (non-hydrogen) atoms. The highest BCUT2D eigenvalue weighted by atomic mass is 16.2. The second-order valence-electron chi connectivity index (χ2n) is 6.52. The van der Waals surface area contributed by atoms with Crippen LogP contribution in [0.1, 0.15) is 53.4 Å². The van der Waals surface area contributed by atoms with Gasteiger partial charge in [-0.05, 0) is 43.9 Å². The van der Waals surface area contributed by atoms with Crippen molar-refractivity contribution in [3.63, 3.8) is 0 Å². The van der Waals surface area contributed by atoms with Gasteiger partial charge in [-0.3, -0.25) is 4.79 Å². The van der Waals surface area contributed by atoms with E-state index in [-0.39, 0.29) is 6.04 Å². The molecule has 0 saturated carbocycles. The molecule has 1 amide bonds. The van der Waals surface area contributed by atoms with E-state index in [1.807, 2.05) is 4.90 Å². The van der Waals surface area contributed by atoms with Gasteiger partial charge in [0.05, 0.1) is 0 Å². The second-order valence-corrected chi connectivity index (χ2v) is 6.52. The van der Waals surface area contributed by atoms with E-state index in [9.17, 15) is 4.79 Å². The van der Waals surface area contributed by atoms with E-state index in [1.165, 1.54) is 0 Å². The molecule has 1 aliphatic heterocycles. The third-order valence-electron chi connectivity index (χ3n) is 4.03. The third-order valence-corrected chi connectivity index (χ3v) is 4.03. The lowest BCUT2D eigenvalue weighted by Gasteiger charge is -2.34. The molecule has 1 saturated heterocycles. The maximum atomic E-state index is 12.2. The number of piperidine rings is 1. The molecule has 3 nitrogen and oxygen atoms in total. The van der Waals surface area contributed by atoms with Crippen LogP contribution in [0.3, 0.4) is 0 Å². The van der Waals surface area contributed by atoms with Gasteiger partial charge in [-0.1, -0.05) is 20.8 Å². The molecule has 1 aliphatic rings. The van der Waals surface area contributed by atoms with Gasteiger partial charge in [-0.15, -0.1) is 0 Å². The molecule has 2 atom stereocenters. The number of carbonyl (C=O) groups excluding carboxylic acids is 1. The number of hydrogen-bond acceptors (Lipinski definition) is 2. The Hall–Kier alpha value is -0.570. The highest BCUT2D eigenvalue weighted by Crippen LogP contribution is 2.22. The summed E-state index contributed by atoms with van der Waals surface area (Å²) in [5.74, 6) is 2.12. The third kappa shape index (κ3) is 4.97. The fourth-order valence-electron chi connectivity index (χ4n) is 2.99. The van der Waals surface area contributed by atoms with Crippen LogP contribution in [-0.2, 0) is 4.79 Å². The maximum absolute atomic E-state index is 12.2. The smallest absolute Gasteiger partial charge is 0.222 e. The predicted octanol–water partition coefficient (Wildman–Crippen LogP) is 2.64. The van der Waals surface area contributed by atoms with Crippen molar-refractivity contribution < 1.29 is 4.79 Å². The Bertz CT molecular complexity index is 255. The average Bonchev–Trinajstić information content (AvgIpc) is 2.27. The minimum atomic E-state index is 0.266. The molecule has 1 fully saturated rings. The molecule has 2 unspecified atom stereocenters. The Morgan fingerprint density at radius 1 is 1.22 bits per heavy atom. The fraction of sp³-hybridized carbons (Fsp3) is 0.933. The Kier molecular flexibility index (Phi) is 6.13. The lowest BCUT2D eigenvalue weighted by Crippen LogP contribution is -2.42. The molecule has 0 aliphatic carbocycles. The molecule has 0 bridgehead atoms. The number of nitrogens with zero attached hydrogens (tertiary/aromatic N) is 1. The first-order valence-corrected chi connectivity index (χ1v) is 7.43. The summed E-state index contributed by atoms with van der Waals surface area (Å²) in [6.45, 7) is 10.5. The van der Waals surface area contributed by atoms with Crippen molar-refractivity contribution in [3.8, 4) is 0 Å². The van der Waals surface area contributed by atoms with Crippen molar-refractivity contribution in [2.45, 2.75) is 59.4 Å². The minimum absolute atomic E-state index is 0.266. The van der Waals surface area contributed by atoms with E-state index in [0.29, 0.717) is 30.1 Å². The zero-order chi connectivity index (χ0) is 13.7. The summed E-state index contributed by atoms with van der Waals surface area (Å²) >= 11 is 0. The lowest BCUT2D eigenvalue weighted by molar-refractivity contribution is -0.133. The minimum Gasteiger partial charge on any atom is -0.343 e. The lowest BCUT2D eigenvalue weighted by atomic mass is 9.90. The topological polar surface area (TPSA) is 46.3 Å². The van der Waals surface area contributed by atoms with Crippen LogP contribution in [0.25, 0.3) is 0 Å². The second kappa shape index (κ2) is 7.13. The molecule has 0 radical (unpaired) electrons. The standard InChI is InChI=1S/C15H30N2O/c1-11(2)9-12(3)10-15(18)17-7-5-14(6-8-17)13(4)16/h11-14H,5-10,16H2,1-4H3. The first-order chi connectivity index (χ1) is 8.40. The molecule has 0 aromatic rings. The van der Waals surface area contributed by atoms with Gasteiger partial charge in [0.2, 0.25) is 5.91 Å². The summed E-state index contributed by atoms with van der Waals surface area (Å²) in [7, 11) is 0. The molecular formula is C15H30N2O.